The van der Waals surface area contributed by atoms with E-state index in [9.17, 15) is 0 Å². The largest absolute Gasteiger partial charge is 0.369 e. The highest BCUT2D eigenvalue weighted by Gasteiger charge is 2.11. The molecule has 1 N–H and O–H groups in total. The molecule has 0 unspecified atom stereocenters. The maximum Gasteiger partial charge on any atom is 0.162 e. The average Bonchev–Trinajstić information content (AvgIpc) is 2.86. The van der Waals surface area contributed by atoms with Crippen LogP contribution in [0.1, 0.15) is 37.8 Å². The van der Waals surface area contributed by atoms with E-state index in [1.807, 2.05) is 30.3 Å². The minimum Gasteiger partial charge on any atom is -0.369 e. The zero-order valence-electron chi connectivity index (χ0n) is 12.6. The number of hydrogen-bond donors (Lipinski definition) is 1. The van der Waals surface area contributed by atoms with E-state index < -0.39 is 0 Å². The van der Waals surface area contributed by atoms with E-state index in [1.54, 1.807) is 0 Å². The summed E-state index contributed by atoms with van der Waals surface area (Å²) in [5.74, 6) is 0.716. The van der Waals surface area contributed by atoms with Gasteiger partial charge in [0, 0.05) is 23.2 Å². The summed E-state index contributed by atoms with van der Waals surface area (Å²) in [6.07, 6.45) is 0. The third kappa shape index (κ3) is 5.50. The Kier molecular flexibility index (Phi) is 5.39. The van der Waals surface area contributed by atoms with Crippen LogP contribution in [0.25, 0.3) is 0 Å². The molecule has 0 saturated carbocycles. The Morgan fingerprint density at radius 1 is 1.24 bits per heavy atom. The highest BCUT2D eigenvalue weighted by molar-refractivity contribution is 6.31. The van der Waals surface area contributed by atoms with Crippen LogP contribution in [0.2, 0.25) is 5.02 Å². The standard InChI is InChI=1S/C16H21ClN2O2/c1-16(2,3)18-9-13-8-14(21-19-13)11-20-10-12-6-4-5-7-15(12)17/h4-8,18H,9-11H2,1-3H3. The van der Waals surface area contributed by atoms with Gasteiger partial charge >= 0.3 is 0 Å². The molecule has 0 fully saturated rings. The first-order valence-corrected chi connectivity index (χ1v) is 7.32. The SMILES string of the molecule is CC(C)(C)NCc1cc(COCc2ccccc2Cl)on1. The van der Waals surface area contributed by atoms with Gasteiger partial charge < -0.3 is 14.6 Å². The van der Waals surface area contributed by atoms with Gasteiger partial charge in [-0.1, -0.05) is 35.0 Å². The van der Waals surface area contributed by atoms with Gasteiger partial charge in [0.05, 0.1) is 12.3 Å². The van der Waals surface area contributed by atoms with Crippen molar-refractivity contribution in [3.8, 4) is 0 Å². The van der Waals surface area contributed by atoms with Crippen LogP contribution in [-0.2, 0) is 24.5 Å². The second kappa shape index (κ2) is 7.07. The quantitative estimate of drug-likeness (QED) is 0.878. The maximum absolute atomic E-state index is 6.07. The molecule has 114 valence electrons. The third-order valence-electron chi connectivity index (χ3n) is 2.87. The van der Waals surface area contributed by atoms with Crippen molar-refractivity contribution in [3.63, 3.8) is 0 Å². The van der Waals surface area contributed by atoms with E-state index in [2.05, 4.69) is 31.2 Å². The summed E-state index contributed by atoms with van der Waals surface area (Å²) in [5, 5.41) is 8.09. The third-order valence-corrected chi connectivity index (χ3v) is 3.24. The van der Waals surface area contributed by atoms with Crippen molar-refractivity contribution in [1.29, 1.82) is 0 Å². The lowest BCUT2D eigenvalue weighted by atomic mass is 10.1. The molecule has 1 aromatic carbocycles. The fraction of sp³-hybridized carbons (Fsp3) is 0.438. The minimum atomic E-state index is 0.0552. The van der Waals surface area contributed by atoms with Gasteiger partial charge in [-0.05, 0) is 32.4 Å². The summed E-state index contributed by atoms with van der Waals surface area (Å²) in [6, 6.07) is 9.55. The lowest BCUT2D eigenvalue weighted by Crippen LogP contribution is -2.35. The molecule has 2 rings (SSSR count). The number of ether oxygens (including phenoxy) is 1. The van der Waals surface area contributed by atoms with Crippen molar-refractivity contribution < 1.29 is 9.26 Å². The lowest BCUT2D eigenvalue weighted by molar-refractivity contribution is 0.0883. The van der Waals surface area contributed by atoms with Gasteiger partial charge in [0.2, 0.25) is 0 Å². The molecule has 4 nitrogen and oxygen atoms in total. The van der Waals surface area contributed by atoms with Crippen molar-refractivity contribution in [2.75, 3.05) is 0 Å². The van der Waals surface area contributed by atoms with E-state index in [-0.39, 0.29) is 5.54 Å². The molecule has 5 heteroatoms. The Morgan fingerprint density at radius 3 is 2.71 bits per heavy atom. The van der Waals surface area contributed by atoms with Crippen molar-refractivity contribution >= 4 is 11.6 Å². The molecular formula is C16H21ClN2O2. The number of nitrogens with zero attached hydrogens (tertiary/aromatic N) is 1. The highest BCUT2D eigenvalue weighted by Crippen LogP contribution is 2.16. The Balaban J connectivity index is 1.79. The summed E-state index contributed by atoms with van der Waals surface area (Å²) < 4.78 is 10.9. The molecule has 0 aliphatic heterocycles. The maximum atomic E-state index is 6.07. The predicted octanol–water partition coefficient (Wildman–Crippen LogP) is 3.93. The molecule has 21 heavy (non-hydrogen) atoms. The number of benzene rings is 1. The Bertz CT molecular complexity index is 576. The van der Waals surface area contributed by atoms with Gasteiger partial charge in [-0.3, -0.25) is 0 Å². The number of nitrogens with one attached hydrogen (secondary N) is 1. The molecule has 2 aromatic rings. The molecule has 0 radical (unpaired) electrons. The first kappa shape index (κ1) is 16.0. The van der Waals surface area contributed by atoms with E-state index in [0.29, 0.717) is 30.5 Å². The molecule has 0 bridgehead atoms. The van der Waals surface area contributed by atoms with E-state index in [4.69, 9.17) is 20.9 Å². The molecule has 0 aliphatic carbocycles. The van der Waals surface area contributed by atoms with Gasteiger partial charge in [0.15, 0.2) is 5.76 Å². The molecule has 0 aliphatic rings. The van der Waals surface area contributed by atoms with Gasteiger partial charge in [0.25, 0.3) is 0 Å². The molecule has 0 spiro atoms. The van der Waals surface area contributed by atoms with Crippen LogP contribution in [0.5, 0.6) is 0 Å². The number of halogens is 1. The highest BCUT2D eigenvalue weighted by atomic mass is 35.5. The first-order valence-electron chi connectivity index (χ1n) is 6.95. The molecule has 0 amide bonds. The Hall–Kier alpha value is -1.36. The molecule has 0 saturated heterocycles. The lowest BCUT2D eigenvalue weighted by Gasteiger charge is -2.19. The summed E-state index contributed by atoms with van der Waals surface area (Å²) in [4.78, 5) is 0. The average molecular weight is 309 g/mol. The Labute approximate surface area is 130 Å². The summed E-state index contributed by atoms with van der Waals surface area (Å²) in [5.41, 5.74) is 1.90. The van der Waals surface area contributed by atoms with E-state index in [1.165, 1.54) is 0 Å². The topological polar surface area (TPSA) is 47.3 Å². The second-order valence-corrected chi connectivity index (χ2v) is 6.38. The van der Waals surface area contributed by atoms with Crippen LogP contribution in [0.15, 0.2) is 34.9 Å². The number of hydrogen-bond acceptors (Lipinski definition) is 4. The minimum absolute atomic E-state index is 0.0552. The summed E-state index contributed by atoms with van der Waals surface area (Å²) >= 11 is 6.07. The van der Waals surface area contributed by atoms with Crippen molar-refractivity contribution in [3.05, 3.63) is 52.4 Å². The van der Waals surface area contributed by atoms with Gasteiger partial charge in [0.1, 0.15) is 6.61 Å². The van der Waals surface area contributed by atoms with Crippen LogP contribution >= 0.6 is 11.6 Å². The van der Waals surface area contributed by atoms with Gasteiger partial charge in [-0.15, -0.1) is 0 Å². The molecular weight excluding hydrogens is 288 g/mol. The molecule has 0 atom stereocenters. The number of aromatic nitrogens is 1. The van der Waals surface area contributed by atoms with Crippen LogP contribution in [-0.4, -0.2) is 10.7 Å². The Morgan fingerprint density at radius 2 is 2.00 bits per heavy atom. The normalized spacial score (nSPS) is 11.8. The van der Waals surface area contributed by atoms with Crippen molar-refractivity contribution in [1.82, 2.24) is 10.5 Å². The van der Waals surface area contributed by atoms with Crippen molar-refractivity contribution in [2.45, 2.75) is 46.1 Å². The smallest absolute Gasteiger partial charge is 0.162 e. The van der Waals surface area contributed by atoms with Gasteiger partial charge in [-0.25, -0.2) is 0 Å². The fourth-order valence-electron chi connectivity index (χ4n) is 1.74. The van der Waals surface area contributed by atoms with E-state index in [0.717, 1.165) is 11.3 Å². The van der Waals surface area contributed by atoms with Crippen LogP contribution in [0, 0.1) is 0 Å². The zero-order chi connectivity index (χ0) is 15.3. The van der Waals surface area contributed by atoms with Crippen molar-refractivity contribution in [2.24, 2.45) is 0 Å². The van der Waals surface area contributed by atoms with Gasteiger partial charge in [-0.2, -0.15) is 0 Å². The molecule has 1 heterocycles. The number of rotatable bonds is 6. The predicted molar refractivity (Wildman–Crippen MR) is 83.0 cm³/mol. The molecule has 1 aromatic heterocycles. The van der Waals surface area contributed by atoms with Crippen LogP contribution < -0.4 is 5.32 Å². The van der Waals surface area contributed by atoms with E-state index >= 15 is 0 Å². The summed E-state index contributed by atoms with van der Waals surface area (Å²) in [7, 11) is 0. The fourth-order valence-corrected chi connectivity index (χ4v) is 1.93. The summed E-state index contributed by atoms with van der Waals surface area (Å²) in [6.45, 7) is 7.85. The van der Waals surface area contributed by atoms with Crippen LogP contribution in [0.3, 0.4) is 0 Å². The monoisotopic (exact) mass is 308 g/mol. The van der Waals surface area contributed by atoms with Crippen LogP contribution in [0.4, 0.5) is 0 Å². The second-order valence-electron chi connectivity index (χ2n) is 5.97. The first-order chi connectivity index (χ1) is 9.94. The zero-order valence-corrected chi connectivity index (χ0v) is 13.4.